The van der Waals surface area contributed by atoms with Crippen molar-refractivity contribution in [1.82, 2.24) is 9.88 Å². The Morgan fingerprint density at radius 1 is 1.50 bits per heavy atom. The number of esters is 1. The lowest BCUT2D eigenvalue weighted by Crippen LogP contribution is -2.38. The summed E-state index contributed by atoms with van der Waals surface area (Å²) < 4.78 is 5.22. The number of carbonyl (C=O) groups excluding carboxylic acids is 1. The molecule has 1 aliphatic heterocycles. The summed E-state index contributed by atoms with van der Waals surface area (Å²) in [5.41, 5.74) is 6.58. The van der Waals surface area contributed by atoms with E-state index in [1.807, 2.05) is 30.5 Å². The first-order valence-corrected chi connectivity index (χ1v) is 8.66. The van der Waals surface area contributed by atoms with Gasteiger partial charge in [-0.2, -0.15) is 12.6 Å². The number of carbonyl (C=O) groups is 1. The van der Waals surface area contributed by atoms with Crippen molar-refractivity contribution in [3.05, 3.63) is 42.2 Å². The Bertz CT molecular complexity index is 565. The van der Waals surface area contributed by atoms with Crippen LogP contribution in [0.15, 0.2) is 41.5 Å². The highest BCUT2D eigenvalue weighted by atomic mass is 32.1. The summed E-state index contributed by atoms with van der Waals surface area (Å²) in [6, 6.07) is 5.39. The number of thiol groups is 1. The number of allylic oxidation sites excluding steroid dienone is 1. The van der Waals surface area contributed by atoms with Crippen LogP contribution in [0.4, 0.5) is 0 Å². The number of nitrogens with zero attached hydrogens (tertiary/aromatic N) is 3. The van der Waals surface area contributed by atoms with Crippen LogP contribution in [0.1, 0.15) is 12.1 Å². The van der Waals surface area contributed by atoms with Gasteiger partial charge in [0.25, 0.3) is 0 Å². The summed E-state index contributed by atoms with van der Waals surface area (Å²) in [5, 5.41) is 0. The molecule has 1 aromatic heterocycles. The molecule has 0 saturated heterocycles. The van der Waals surface area contributed by atoms with Gasteiger partial charge in [-0.3, -0.25) is 19.7 Å². The van der Waals surface area contributed by atoms with Gasteiger partial charge in [0.15, 0.2) is 0 Å². The largest absolute Gasteiger partial charge is 0.463 e. The molecule has 1 aromatic rings. The zero-order valence-corrected chi connectivity index (χ0v) is 14.5. The minimum absolute atomic E-state index is 0.217. The number of nitrogens with two attached hydrogens (primary N) is 1. The van der Waals surface area contributed by atoms with Crippen LogP contribution in [0.25, 0.3) is 0 Å². The van der Waals surface area contributed by atoms with E-state index in [9.17, 15) is 4.79 Å². The van der Waals surface area contributed by atoms with Gasteiger partial charge < -0.3 is 10.5 Å². The Kier molecular flexibility index (Phi) is 7.94. The van der Waals surface area contributed by atoms with Crippen molar-refractivity contribution < 1.29 is 9.53 Å². The number of aromatic nitrogens is 1. The molecule has 0 aliphatic carbocycles. The lowest BCUT2D eigenvalue weighted by molar-refractivity contribution is -0.145. The summed E-state index contributed by atoms with van der Waals surface area (Å²) in [6.45, 7) is 2.37. The van der Waals surface area contributed by atoms with Gasteiger partial charge in [-0.1, -0.05) is 12.1 Å². The molecule has 2 heterocycles. The van der Waals surface area contributed by atoms with E-state index in [1.54, 1.807) is 6.20 Å². The van der Waals surface area contributed by atoms with Crippen molar-refractivity contribution in [2.24, 2.45) is 10.7 Å². The summed E-state index contributed by atoms with van der Waals surface area (Å²) in [6.07, 6.45) is 8.60. The Morgan fingerprint density at radius 2 is 2.38 bits per heavy atom. The summed E-state index contributed by atoms with van der Waals surface area (Å²) in [5.74, 6) is -0.138. The smallest absolute Gasteiger partial charge is 0.323 e. The molecule has 1 aliphatic rings. The third kappa shape index (κ3) is 6.43. The van der Waals surface area contributed by atoms with Crippen LogP contribution < -0.4 is 5.73 Å². The maximum absolute atomic E-state index is 11.6. The predicted octanol–water partition coefficient (Wildman–Crippen LogP) is 1.08. The predicted molar refractivity (Wildman–Crippen MR) is 98.3 cm³/mol. The van der Waals surface area contributed by atoms with Gasteiger partial charge in [0.1, 0.15) is 12.6 Å². The molecule has 0 spiro atoms. The standard InChI is InChI=1S/C17H24N4O2S/c18-16(13-24)17(22)23-10-9-21(11-14-5-1-3-7-19-14)12-15-6-2-4-8-20-15/h1-5,7-8,15-16,24H,6,9-13,18H2/t15?,16-/m0/s1. The van der Waals surface area contributed by atoms with Crippen molar-refractivity contribution in [3.63, 3.8) is 0 Å². The van der Waals surface area contributed by atoms with E-state index in [0.717, 1.165) is 18.7 Å². The summed E-state index contributed by atoms with van der Waals surface area (Å²) >= 11 is 4.00. The van der Waals surface area contributed by atoms with Crippen molar-refractivity contribution >= 4 is 24.8 Å². The number of pyridine rings is 1. The molecule has 7 heteroatoms. The first-order valence-electron chi connectivity index (χ1n) is 8.02. The zero-order valence-electron chi connectivity index (χ0n) is 13.6. The maximum Gasteiger partial charge on any atom is 0.323 e. The van der Waals surface area contributed by atoms with Crippen molar-refractivity contribution in [3.8, 4) is 0 Å². The van der Waals surface area contributed by atoms with E-state index in [1.165, 1.54) is 0 Å². The van der Waals surface area contributed by atoms with Crippen LogP contribution in [0.3, 0.4) is 0 Å². The van der Waals surface area contributed by atoms with E-state index in [4.69, 9.17) is 10.5 Å². The molecule has 6 nitrogen and oxygen atoms in total. The second kappa shape index (κ2) is 10.2. The number of ether oxygens (including phenoxy) is 1. The first kappa shape index (κ1) is 18.6. The van der Waals surface area contributed by atoms with E-state index in [2.05, 4.69) is 33.6 Å². The van der Waals surface area contributed by atoms with Gasteiger partial charge in [-0.15, -0.1) is 0 Å². The fourth-order valence-corrected chi connectivity index (χ4v) is 2.51. The summed E-state index contributed by atoms with van der Waals surface area (Å²) in [7, 11) is 0. The molecular weight excluding hydrogens is 324 g/mol. The average molecular weight is 348 g/mol. The molecule has 2 N–H and O–H groups in total. The third-order valence-corrected chi connectivity index (χ3v) is 4.05. The van der Waals surface area contributed by atoms with Gasteiger partial charge in [0.2, 0.25) is 0 Å². The molecule has 0 radical (unpaired) electrons. The molecule has 130 valence electrons. The highest BCUT2D eigenvalue weighted by molar-refractivity contribution is 7.80. The Labute approximate surface area is 148 Å². The second-order valence-corrected chi connectivity index (χ2v) is 5.99. The molecule has 0 fully saturated rings. The number of hydrogen-bond donors (Lipinski definition) is 2. The Morgan fingerprint density at radius 3 is 3.04 bits per heavy atom. The molecule has 0 aromatic carbocycles. The van der Waals surface area contributed by atoms with Crippen LogP contribution in [0.2, 0.25) is 0 Å². The van der Waals surface area contributed by atoms with Gasteiger partial charge in [0.05, 0.1) is 11.7 Å². The number of aliphatic imine (C=N–C) groups is 1. The minimum atomic E-state index is -0.675. The van der Waals surface area contributed by atoms with Crippen LogP contribution in [0.5, 0.6) is 0 Å². The van der Waals surface area contributed by atoms with Crippen LogP contribution in [0, 0.1) is 0 Å². The van der Waals surface area contributed by atoms with Crippen LogP contribution >= 0.6 is 12.6 Å². The van der Waals surface area contributed by atoms with Gasteiger partial charge >= 0.3 is 5.97 Å². The van der Waals surface area contributed by atoms with Gasteiger partial charge in [-0.05, 0) is 24.6 Å². The lowest BCUT2D eigenvalue weighted by Gasteiger charge is -2.25. The molecule has 0 bridgehead atoms. The van der Waals surface area contributed by atoms with Crippen LogP contribution in [-0.2, 0) is 16.1 Å². The number of rotatable bonds is 9. The number of dihydropyridines is 1. The molecule has 2 atom stereocenters. The minimum Gasteiger partial charge on any atom is -0.463 e. The Hall–Kier alpha value is -1.70. The van der Waals surface area contributed by atoms with E-state index < -0.39 is 12.0 Å². The maximum atomic E-state index is 11.6. The SMILES string of the molecule is N[C@@H](CS)C(=O)OCCN(Cc1ccccn1)CC1CC=CC=N1. The third-order valence-electron chi connectivity index (χ3n) is 3.66. The highest BCUT2D eigenvalue weighted by Crippen LogP contribution is 2.09. The quantitative estimate of drug-likeness (QED) is 0.516. The molecular formula is C17H24N4O2S. The van der Waals surface area contributed by atoms with Crippen molar-refractivity contribution in [1.29, 1.82) is 0 Å². The fraction of sp³-hybridized carbons (Fsp3) is 0.471. The average Bonchev–Trinajstić information content (AvgIpc) is 2.62. The number of hydrogen-bond acceptors (Lipinski definition) is 7. The zero-order chi connectivity index (χ0) is 17.2. The topological polar surface area (TPSA) is 80.8 Å². The van der Waals surface area contributed by atoms with Crippen molar-refractivity contribution in [2.75, 3.05) is 25.4 Å². The molecule has 0 saturated carbocycles. The molecule has 1 unspecified atom stereocenters. The molecule has 24 heavy (non-hydrogen) atoms. The monoisotopic (exact) mass is 348 g/mol. The normalized spacial score (nSPS) is 17.9. The lowest BCUT2D eigenvalue weighted by atomic mass is 10.1. The first-order chi connectivity index (χ1) is 11.7. The Balaban J connectivity index is 1.88. The van der Waals surface area contributed by atoms with E-state index in [0.29, 0.717) is 19.7 Å². The van der Waals surface area contributed by atoms with E-state index in [-0.39, 0.29) is 11.8 Å². The second-order valence-electron chi connectivity index (χ2n) is 5.63. The molecule has 2 rings (SSSR count). The fourth-order valence-electron chi connectivity index (χ4n) is 2.36. The summed E-state index contributed by atoms with van der Waals surface area (Å²) in [4.78, 5) is 22.7. The molecule has 0 amide bonds. The van der Waals surface area contributed by atoms with E-state index >= 15 is 0 Å². The van der Waals surface area contributed by atoms with Gasteiger partial charge in [0, 0.05) is 37.8 Å². The van der Waals surface area contributed by atoms with Crippen LogP contribution in [-0.4, -0.2) is 59.6 Å². The van der Waals surface area contributed by atoms with Crippen molar-refractivity contribution in [2.45, 2.75) is 25.0 Å². The highest BCUT2D eigenvalue weighted by Gasteiger charge is 2.17. The van der Waals surface area contributed by atoms with Gasteiger partial charge in [-0.25, -0.2) is 0 Å².